The summed E-state index contributed by atoms with van der Waals surface area (Å²) in [6.07, 6.45) is 0. The first-order valence-electron chi connectivity index (χ1n) is 8.44. The second kappa shape index (κ2) is 5.92. The second-order valence-corrected chi connectivity index (χ2v) is 7.90. The first-order chi connectivity index (χ1) is 13.1. The van der Waals surface area contributed by atoms with E-state index in [2.05, 4.69) is 4.72 Å². The fourth-order valence-electron chi connectivity index (χ4n) is 3.19. The maximum Gasteiger partial charge on any atom is 0.262 e. The zero-order valence-corrected chi connectivity index (χ0v) is 15.0. The topological polar surface area (TPSA) is 77.8 Å². The van der Waals surface area contributed by atoms with Gasteiger partial charge in [0.15, 0.2) is 11.5 Å². The van der Waals surface area contributed by atoms with Gasteiger partial charge in [-0.2, -0.15) is 0 Å². The van der Waals surface area contributed by atoms with Crippen LogP contribution >= 0.6 is 0 Å². The van der Waals surface area contributed by atoms with Crippen molar-refractivity contribution in [3.05, 3.63) is 60.7 Å². The summed E-state index contributed by atoms with van der Waals surface area (Å²) in [6, 6.07) is 17.4. The summed E-state index contributed by atoms with van der Waals surface area (Å²) < 4.78 is 44.9. The predicted molar refractivity (Wildman–Crippen MR) is 102 cm³/mol. The molecule has 1 N–H and O–H groups in total. The Morgan fingerprint density at radius 1 is 0.778 bits per heavy atom. The molecule has 0 bridgehead atoms. The molecule has 0 amide bonds. The molecule has 6 nitrogen and oxygen atoms in total. The van der Waals surface area contributed by atoms with Gasteiger partial charge in [-0.3, -0.25) is 4.72 Å². The number of fused-ring (bicyclic) bond motifs is 4. The molecule has 1 aromatic heterocycles. The van der Waals surface area contributed by atoms with Gasteiger partial charge in [0.25, 0.3) is 10.0 Å². The van der Waals surface area contributed by atoms with Gasteiger partial charge < -0.3 is 13.9 Å². The number of rotatable bonds is 3. The number of hydrogen-bond donors (Lipinski definition) is 1. The van der Waals surface area contributed by atoms with Crippen LogP contribution in [0.5, 0.6) is 11.5 Å². The summed E-state index contributed by atoms with van der Waals surface area (Å²) in [5, 5.41) is 1.79. The Balaban J connectivity index is 1.52. The van der Waals surface area contributed by atoms with E-state index in [1.807, 2.05) is 24.3 Å². The van der Waals surface area contributed by atoms with Crippen molar-refractivity contribution in [3.63, 3.8) is 0 Å². The number of furan rings is 1. The molecular weight excluding hydrogens is 366 g/mol. The minimum atomic E-state index is -3.77. The van der Waals surface area contributed by atoms with Crippen molar-refractivity contribution in [3.8, 4) is 11.5 Å². The third-order valence-electron chi connectivity index (χ3n) is 4.45. The third kappa shape index (κ3) is 2.76. The van der Waals surface area contributed by atoms with Gasteiger partial charge in [0.1, 0.15) is 24.4 Å². The molecule has 5 rings (SSSR count). The molecule has 0 saturated heterocycles. The van der Waals surface area contributed by atoms with Crippen molar-refractivity contribution >= 4 is 37.6 Å². The fraction of sp³-hybridized carbons (Fsp3) is 0.100. The van der Waals surface area contributed by atoms with Crippen molar-refractivity contribution in [2.75, 3.05) is 17.9 Å². The molecule has 2 heterocycles. The molecule has 27 heavy (non-hydrogen) atoms. The number of hydrogen-bond acceptors (Lipinski definition) is 5. The SMILES string of the molecule is O=S(=O)(Nc1ccc2oc3ccccc3c2c1)c1ccc2c(c1)OCCO2. The van der Waals surface area contributed by atoms with Crippen LogP contribution in [0.15, 0.2) is 70.0 Å². The van der Waals surface area contributed by atoms with Crippen LogP contribution in [0.2, 0.25) is 0 Å². The summed E-state index contributed by atoms with van der Waals surface area (Å²) in [4.78, 5) is 0.115. The lowest BCUT2D eigenvalue weighted by Crippen LogP contribution is -2.17. The van der Waals surface area contributed by atoms with Gasteiger partial charge in [-0.25, -0.2) is 8.42 Å². The molecule has 1 aliphatic rings. The van der Waals surface area contributed by atoms with Crippen LogP contribution in [-0.4, -0.2) is 21.6 Å². The Morgan fingerprint density at radius 2 is 1.56 bits per heavy atom. The summed E-state index contributed by atoms with van der Waals surface area (Å²) in [5.41, 5.74) is 1.93. The molecule has 0 aliphatic carbocycles. The summed E-state index contributed by atoms with van der Waals surface area (Å²) >= 11 is 0. The highest BCUT2D eigenvalue weighted by molar-refractivity contribution is 7.92. The highest BCUT2D eigenvalue weighted by Gasteiger charge is 2.20. The van der Waals surface area contributed by atoms with E-state index in [-0.39, 0.29) is 4.90 Å². The van der Waals surface area contributed by atoms with Gasteiger partial charge >= 0.3 is 0 Å². The monoisotopic (exact) mass is 381 g/mol. The average Bonchev–Trinajstić information content (AvgIpc) is 3.05. The molecule has 0 atom stereocenters. The standard InChI is InChI=1S/C20H15NO5S/c22-27(23,14-6-8-19-20(12-14)25-10-9-24-19)21-13-5-7-18-16(11-13)15-3-1-2-4-17(15)26-18/h1-8,11-12,21H,9-10H2. The lowest BCUT2D eigenvalue weighted by molar-refractivity contribution is 0.171. The van der Waals surface area contributed by atoms with Gasteiger partial charge in [-0.1, -0.05) is 18.2 Å². The molecule has 0 unspecified atom stereocenters. The van der Waals surface area contributed by atoms with Crippen LogP contribution in [0.4, 0.5) is 5.69 Å². The van der Waals surface area contributed by atoms with E-state index in [1.165, 1.54) is 12.1 Å². The Morgan fingerprint density at radius 3 is 2.44 bits per heavy atom. The van der Waals surface area contributed by atoms with Crippen LogP contribution in [-0.2, 0) is 10.0 Å². The van der Waals surface area contributed by atoms with Crippen LogP contribution in [0.3, 0.4) is 0 Å². The van der Waals surface area contributed by atoms with Gasteiger partial charge in [0.05, 0.1) is 4.90 Å². The van der Waals surface area contributed by atoms with E-state index < -0.39 is 10.0 Å². The highest BCUT2D eigenvalue weighted by atomic mass is 32.2. The van der Waals surface area contributed by atoms with E-state index in [0.717, 1.165) is 16.4 Å². The molecule has 7 heteroatoms. The zero-order valence-electron chi connectivity index (χ0n) is 14.1. The van der Waals surface area contributed by atoms with E-state index in [9.17, 15) is 8.42 Å². The van der Waals surface area contributed by atoms with Crippen LogP contribution in [0, 0.1) is 0 Å². The lowest BCUT2D eigenvalue weighted by Gasteiger charge is -2.19. The maximum atomic E-state index is 12.8. The third-order valence-corrected chi connectivity index (χ3v) is 5.83. The minimum absolute atomic E-state index is 0.115. The molecule has 136 valence electrons. The van der Waals surface area contributed by atoms with Gasteiger partial charge in [0, 0.05) is 22.5 Å². The fourth-order valence-corrected chi connectivity index (χ4v) is 4.26. The first-order valence-corrected chi connectivity index (χ1v) is 9.92. The summed E-state index contributed by atoms with van der Waals surface area (Å²) in [7, 11) is -3.77. The van der Waals surface area contributed by atoms with Crippen LogP contribution in [0.25, 0.3) is 21.9 Å². The number of para-hydroxylation sites is 1. The van der Waals surface area contributed by atoms with Crippen molar-refractivity contribution in [2.24, 2.45) is 0 Å². The summed E-state index contributed by atoms with van der Waals surface area (Å²) in [6.45, 7) is 0.851. The molecule has 0 radical (unpaired) electrons. The molecule has 0 spiro atoms. The van der Waals surface area contributed by atoms with Crippen molar-refractivity contribution in [1.29, 1.82) is 0 Å². The van der Waals surface area contributed by atoms with Gasteiger partial charge in [0.2, 0.25) is 0 Å². The van der Waals surface area contributed by atoms with E-state index in [4.69, 9.17) is 13.9 Å². The Labute approximate surface area is 155 Å². The van der Waals surface area contributed by atoms with E-state index >= 15 is 0 Å². The Kier molecular flexibility index (Phi) is 3.51. The molecule has 1 aliphatic heterocycles. The van der Waals surface area contributed by atoms with Gasteiger partial charge in [-0.15, -0.1) is 0 Å². The van der Waals surface area contributed by atoms with E-state index in [1.54, 1.807) is 24.3 Å². The van der Waals surface area contributed by atoms with Crippen LogP contribution in [0.1, 0.15) is 0 Å². The first kappa shape index (κ1) is 16.0. The van der Waals surface area contributed by atoms with Crippen molar-refractivity contribution < 1.29 is 22.3 Å². The largest absolute Gasteiger partial charge is 0.486 e. The number of ether oxygens (including phenoxy) is 2. The maximum absolute atomic E-state index is 12.8. The highest BCUT2D eigenvalue weighted by Crippen LogP contribution is 2.34. The second-order valence-electron chi connectivity index (χ2n) is 6.22. The van der Waals surface area contributed by atoms with E-state index in [0.29, 0.717) is 36.0 Å². The molecule has 4 aromatic rings. The minimum Gasteiger partial charge on any atom is -0.486 e. The number of sulfonamides is 1. The molecular formula is C20H15NO5S. The van der Waals surface area contributed by atoms with Crippen LogP contribution < -0.4 is 14.2 Å². The Hall–Kier alpha value is -3.19. The number of anilines is 1. The quantitative estimate of drug-likeness (QED) is 0.577. The Bertz CT molecular complexity index is 1280. The normalized spacial score (nSPS) is 13.8. The lowest BCUT2D eigenvalue weighted by atomic mass is 10.1. The smallest absolute Gasteiger partial charge is 0.262 e. The number of benzene rings is 3. The zero-order chi connectivity index (χ0) is 18.4. The average molecular weight is 381 g/mol. The predicted octanol–water partition coefficient (Wildman–Crippen LogP) is 4.16. The summed E-state index contributed by atoms with van der Waals surface area (Å²) in [5.74, 6) is 0.979. The molecule has 0 saturated carbocycles. The van der Waals surface area contributed by atoms with Crippen molar-refractivity contribution in [1.82, 2.24) is 0 Å². The van der Waals surface area contributed by atoms with Crippen molar-refractivity contribution in [2.45, 2.75) is 4.90 Å². The molecule has 0 fully saturated rings. The molecule has 3 aromatic carbocycles. The number of nitrogens with one attached hydrogen (secondary N) is 1. The van der Waals surface area contributed by atoms with Gasteiger partial charge in [-0.05, 0) is 36.4 Å².